The SMILES string of the molecule is CC[C@@H](C)N(CC(=O)Nc1nccs1)C(=O)CC(C)C. The number of rotatable bonds is 7. The summed E-state index contributed by atoms with van der Waals surface area (Å²) < 4.78 is 0. The fourth-order valence-corrected chi connectivity index (χ4v) is 2.32. The summed E-state index contributed by atoms with van der Waals surface area (Å²) in [7, 11) is 0. The predicted molar refractivity (Wildman–Crippen MR) is 81.7 cm³/mol. The van der Waals surface area contributed by atoms with Crippen molar-refractivity contribution in [2.45, 2.75) is 46.6 Å². The average molecular weight is 297 g/mol. The van der Waals surface area contributed by atoms with Gasteiger partial charge in [-0.15, -0.1) is 11.3 Å². The molecule has 0 aliphatic carbocycles. The standard InChI is InChI=1S/C14H23N3O2S/c1-5-11(4)17(13(19)8-10(2)3)9-12(18)16-14-15-6-7-20-14/h6-7,10-11H,5,8-9H2,1-4H3,(H,15,16,18)/t11-/m1/s1. The Morgan fingerprint density at radius 2 is 2.10 bits per heavy atom. The number of nitrogens with zero attached hydrogens (tertiary/aromatic N) is 2. The van der Waals surface area contributed by atoms with Gasteiger partial charge >= 0.3 is 0 Å². The first-order valence-corrected chi connectivity index (χ1v) is 7.80. The lowest BCUT2D eigenvalue weighted by Crippen LogP contribution is -2.43. The van der Waals surface area contributed by atoms with Gasteiger partial charge in [-0.05, 0) is 19.3 Å². The number of carbonyl (C=O) groups is 2. The maximum atomic E-state index is 12.2. The van der Waals surface area contributed by atoms with Crippen molar-refractivity contribution < 1.29 is 9.59 Å². The Bertz CT molecular complexity index is 432. The van der Waals surface area contributed by atoms with E-state index in [0.717, 1.165) is 6.42 Å². The fraction of sp³-hybridized carbons (Fsp3) is 0.643. The van der Waals surface area contributed by atoms with Crippen molar-refractivity contribution in [3.05, 3.63) is 11.6 Å². The van der Waals surface area contributed by atoms with E-state index in [2.05, 4.69) is 10.3 Å². The first-order valence-electron chi connectivity index (χ1n) is 6.92. The molecule has 6 heteroatoms. The van der Waals surface area contributed by atoms with E-state index in [0.29, 0.717) is 11.6 Å². The predicted octanol–water partition coefficient (Wildman–Crippen LogP) is 2.75. The lowest BCUT2D eigenvalue weighted by Gasteiger charge is -2.28. The smallest absolute Gasteiger partial charge is 0.245 e. The number of hydrogen-bond donors (Lipinski definition) is 1. The highest BCUT2D eigenvalue weighted by Gasteiger charge is 2.22. The Morgan fingerprint density at radius 3 is 2.60 bits per heavy atom. The summed E-state index contributed by atoms with van der Waals surface area (Å²) in [6.07, 6.45) is 2.93. The number of anilines is 1. The van der Waals surface area contributed by atoms with E-state index in [9.17, 15) is 9.59 Å². The van der Waals surface area contributed by atoms with E-state index in [1.807, 2.05) is 27.7 Å². The summed E-state index contributed by atoms with van der Waals surface area (Å²) in [6.45, 7) is 8.07. The largest absolute Gasteiger partial charge is 0.331 e. The van der Waals surface area contributed by atoms with Crippen LogP contribution in [0.25, 0.3) is 0 Å². The molecule has 1 atom stereocenters. The van der Waals surface area contributed by atoms with Crippen LogP contribution in [0.15, 0.2) is 11.6 Å². The molecular weight excluding hydrogens is 274 g/mol. The van der Waals surface area contributed by atoms with Crippen LogP contribution in [-0.4, -0.2) is 34.3 Å². The second-order valence-corrected chi connectivity index (χ2v) is 6.16. The van der Waals surface area contributed by atoms with Gasteiger partial charge in [0, 0.05) is 24.0 Å². The van der Waals surface area contributed by atoms with Crippen molar-refractivity contribution in [1.82, 2.24) is 9.88 Å². The lowest BCUT2D eigenvalue weighted by atomic mass is 10.1. The Kier molecular flexibility index (Phi) is 6.64. The summed E-state index contributed by atoms with van der Waals surface area (Å²) in [5, 5.41) is 5.08. The summed E-state index contributed by atoms with van der Waals surface area (Å²) in [5.41, 5.74) is 0. The second-order valence-electron chi connectivity index (χ2n) is 5.26. The van der Waals surface area contributed by atoms with Gasteiger partial charge in [0.15, 0.2) is 5.13 Å². The molecule has 1 rings (SSSR count). The van der Waals surface area contributed by atoms with E-state index >= 15 is 0 Å². The molecule has 0 aromatic carbocycles. The monoisotopic (exact) mass is 297 g/mol. The lowest BCUT2D eigenvalue weighted by molar-refractivity contribution is -0.137. The third-order valence-corrected chi connectivity index (χ3v) is 3.71. The zero-order chi connectivity index (χ0) is 15.1. The third-order valence-electron chi connectivity index (χ3n) is 3.02. The molecule has 0 unspecified atom stereocenters. The quantitative estimate of drug-likeness (QED) is 0.841. The second kappa shape index (κ2) is 7.99. The topological polar surface area (TPSA) is 62.3 Å². The number of amides is 2. The number of thiazole rings is 1. The molecule has 0 radical (unpaired) electrons. The molecule has 0 bridgehead atoms. The van der Waals surface area contributed by atoms with Gasteiger partial charge in [0.1, 0.15) is 6.54 Å². The van der Waals surface area contributed by atoms with Gasteiger partial charge in [-0.3, -0.25) is 9.59 Å². The first kappa shape index (κ1) is 16.6. The minimum absolute atomic E-state index is 0.0311. The molecule has 5 nitrogen and oxygen atoms in total. The van der Waals surface area contributed by atoms with Crippen molar-refractivity contribution in [3.8, 4) is 0 Å². The maximum absolute atomic E-state index is 12.2. The van der Waals surface area contributed by atoms with Crippen molar-refractivity contribution >= 4 is 28.3 Å². The summed E-state index contributed by atoms with van der Waals surface area (Å²) in [6, 6.07) is 0.0586. The van der Waals surface area contributed by atoms with Crippen LogP contribution >= 0.6 is 11.3 Å². The normalized spacial score (nSPS) is 12.2. The van der Waals surface area contributed by atoms with E-state index in [4.69, 9.17) is 0 Å². The Morgan fingerprint density at radius 1 is 1.40 bits per heavy atom. The molecule has 0 spiro atoms. The minimum Gasteiger partial charge on any atom is -0.331 e. The molecule has 0 aliphatic rings. The number of aromatic nitrogens is 1. The number of nitrogens with one attached hydrogen (secondary N) is 1. The van der Waals surface area contributed by atoms with Crippen LogP contribution in [0.5, 0.6) is 0 Å². The van der Waals surface area contributed by atoms with Gasteiger partial charge in [-0.25, -0.2) is 4.98 Å². The van der Waals surface area contributed by atoms with Gasteiger partial charge in [0.05, 0.1) is 0 Å². The minimum atomic E-state index is -0.197. The van der Waals surface area contributed by atoms with Crippen LogP contribution in [0, 0.1) is 5.92 Å². The Labute approximate surface area is 124 Å². The molecule has 1 heterocycles. The summed E-state index contributed by atoms with van der Waals surface area (Å²) in [5.74, 6) is 0.122. The van der Waals surface area contributed by atoms with Crippen LogP contribution in [0.1, 0.15) is 40.5 Å². The number of carbonyl (C=O) groups excluding carboxylic acids is 2. The van der Waals surface area contributed by atoms with Crippen molar-refractivity contribution in [1.29, 1.82) is 0 Å². The zero-order valence-corrected chi connectivity index (χ0v) is 13.4. The maximum Gasteiger partial charge on any atom is 0.245 e. The van der Waals surface area contributed by atoms with Crippen LogP contribution in [0.3, 0.4) is 0 Å². The van der Waals surface area contributed by atoms with Gasteiger partial charge < -0.3 is 10.2 Å². The van der Waals surface area contributed by atoms with E-state index in [-0.39, 0.29) is 30.3 Å². The number of hydrogen-bond acceptors (Lipinski definition) is 4. The molecule has 1 N–H and O–H groups in total. The molecule has 0 fully saturated rings. The Balaban J connectivity index is 2.64. The zero-order valence-electron chi connectivity index (χ0n) is 12.5. The third kappa shape index (κ3) is 5.28. The highest BCUT2D eigenvalue weighted by atomic mass is 32.1. The molecule has 1 aromatic rings. The van der Waals surface area contributed by atoms with Crippen molar-refractivity contribution in [3.63, 3.8) is 0 Å². The molecule has 2 amide bonds. The van der Waals surface area contributed by atoms with Crippen LogP contribution in [0.4, 0.5) is 5.13 Å². The highest BCUT2D eigenvalue weighted by Crippen LogP contribution is 2.13. The van der Waals surface area contributed by atoms with Crippen molar-refractivity contribution in [2.75, 3.05) is 11.9 Å². The summed E-state index contributed by atoms with van der Waals surface area (Å²) in [4.78, 5) is 29.9. The van der Waals surface area contributed by atoms with Gasteiger partial charge in [0.2, 0.25) is 11.8 Å². The summed E-state index contributed by atoms with van der Waals surface area (Å²) >= 11 is 1.37. The van der Waals surface area contributed by atoms with Gasteiger partial charge in [-0.2, -0.15) is 0 Å². The van der Waals surface area contributed by atoms with E-state index in [1.165, 1.54) is 11.3 Å². The van der Waals surface area contributed by atoms with E-state index < -0.39 is 0 Å². The van der Waals surface area contributed by atoms with Crippen molar-refractivity contribution in [2.24, 2.45) is 5.92 Å². The molecule has 1 aromatic heterocycles. The van der Waals surface area contributed by atoms with Crippen LogP contribution in [-0.2, 0) is 9.59 Å². The molecular formula is C14H23N3O2S. The van der Waals surface area contributed by atoms with E-state index in [1.54, 1.807) is 16.5 Å². The first-order chi connectivity index (χ1) is 9.43. The molecule has 112 valence electrons. The van der Waals surface area contributed by atoms with Crippen LogP contribution < -0.4 is 5.32 Å². The van der Waals surface area contributed by atoms with Gasteiger partial charge in [-0.1, -0.05) is 20.8 Å². The van der Waals surface area contributed by atoms with Crippen LogP contribution in [0.2, 0.25) is 0 Å². The molecule has 0 aliphatic heterocycles. The van der Waals surface area contributed by atoms with Gasteiger partial charge in [0.25, 0.3) is 0 Å². The fourth-order valence-electron chi connectivity index (χ4n) is 1.78. The average Bonchev–Trinajstić information content (AvgIpc) is 2.86. The Hall–Kier alpha value is -1.43. The molecule has 0 saturated heterocycles. The highest BCUT2D eigenvalue weighted by molar-refractivity contribution is 7.13. The molecule has 0 saturated carbocycles. The molecule has 20 heavy (non-hydrogen) atoms.